The van der Waals surface area contributed by atoms with Gasteiger partial charge in [-0.15, -0.1) is 11.3 Å². The number of benzene rings is 1. The van der Waals surface area contributed by atoms with Gasteiger partial charge < -0.3 is 5.73 Å². The van der Waals surface area contributed by atoms with Crippen LogP contribution in [-0.2, 0) is 6.42 Å². The van der Waals surface area contributed by atoms with Gasteiger partial charge in [-0.05, 0) is 36.2 Å². The molecule has 1 aromatic carbocycles. The molecule has 0 fully saturated rings. The van der Waals surface area contributed by atoms with Crippen molar-refractivity contribution in [1.82, 2.24) is 0 Å². The summed E-state index contributed by atoms with van der Waals surface area (Å²) in [5, 5.41) is 0. The maximum absolute atomic E-state index is 13.0. The van der Waals surface area contributed by atoms with Crippen molar-refractivity contribution in [3.8, 4) is 0 Å². The van der Waals surface area contributed by atoms with Crippen LogP contribution >= 0.6 is 22.9 Å². The average molecular weight is 274 g/mol. The molecular formula is C12H10ClF2NS. The molecule has 2 rings (SSSR count). The fourth-order valence-corrected chi connectivity index (χ4v) is 2.67. The predicted octanol–water partition coefficient (Wildman–Crippen LogP) is 3.92. The Hall–Kier alpha value is -0.970. The van der Waals surface area contributed by atoms with Gasteiger partial charge in [0.1, 0.15) is 11.6 Å². The fraction of sp³-hybridized carbons (Fsp3) is 0.167. The summed E-state index contributed by atoms with van der Waals surface area (Å²) in [6, 6.07) is 6.71. The van der Waals surface area contributed by atoms with Gasteiger partial charge in [-0.2, -0.15) is 0 Å². The number of halogens is 3. The molecule has 1 unspecified atom stereocenters. The van der Waals surface area contributed by atoms with Crippen LogP contribution in [-0.4, -0.2) is 0 Å². The monoisotopic (exact) mass is 273 g/mol. The van der Waals surface area contributed by atoms with E-state index >= 15 is 0 Å². The maximum Gasteiger partial charge on any atom is 0.126 e. The summed E-state index contributed by atoms with van der Waals surface area (Å²) in [7, 11) is 0. The minimum absolute atomic E-state index is 0.298. The van der Waals surface area contributed by atoms with Crippen LogP contribution in [0, 0.1) is 11.6 Å². The first-order chi connectivity index (χ1) is 8.04. The van der Waals surface area contributed by atoms with Gasteiger partial charge in [0.2, 0.25) is 0 Å². The highest BCUT2D eigenvalue weighted by molar-refractivity contribution is 7.16. The summed E-state index contributed by atoms with van der Waals surface area (Å²) in [6.45, 7) is 0. The average Bonchev–Trinajstić information content (AvgIpc) is 2.63. The van der Waals surface area contributed by atoms with Gasteiger partial charge in [0.25, 0.3) is 0 Å². The van der Waals surface area contributed by atoms with Crippen molar-refractivity contribution in [2.45, 2.75) is 12.5 Å². The first kappa shape index (κ1) is 12.5. The Morgan fingerprint density at radius 1 is 1.18 bits per heavy atom. The van der Waals surface area contributed by atoms with Gasteiger partial charge in [-0.3, -0.25) is 0 Å². The molecule has 90 valence electrons. The van der Waals surface area contributed by atoms with E-state index in [2.05, 4.69) is 0 Å². The van der Waals surface area contributed by atoms with Crippen LogP contribution in [0.3, 0.4) is 0 Å². The highest BCUT2D eigenvalue weighted by atomic mass is 35.5. The third-order valence-corrected chi connectivity index (χ3v) is 3.70. The van der Waals surface area contributed by atoms with Crippen LogP contribution in [0.15, 0.2) is 30.3 Å². The second kappa shape index (κ2) is 5.12. The normalized spacial score (nSPS) is 12.7. The largest absolute Gasteiger partial charge is 0.323 e. The molecule has 0 aliphatic rings. The predicted molar refractivity (Wildman–Crippen MR) is 66.3 cm³/mol. The Morgan fingerprint density at radius 3 is 2.35 bits per heavy atom. The van der Waals surface area contributed by atoms with Gasteiger partial charge in [0, 0.05) is 17.0 Å². The Labute approximate surface area is 107 Å². The Balaban J connectivity index is 2.15. The molecule has 1 nitrogen and oxygen atoms in total. The van der Waals surface area contributed by atoms with Crippen molar-refractivity contribution in [2.24, 2.45) is 5.73 Å². The molecular weight excluding hydrogens is 264 g/mol. The summed E-state index contributed by atoms with van der Waals surface area (Å²) in [6.07, 6.45) is 0.380. The molecule has 0 amide bonds. The van der Waals surface area contributed by atoms with Crippen molar-refractivity contribution in [3.63, 3.8) is 0 Å². The number of thiophene rings is 1. The van der Waals surface area contributed by atoms with E-state index < -0.39 is 11.6 Å². The number of hydrogen-bond donors (Lipinski definition) is 1. The van der Waals surface area contributed by atoms with Crippen molar-refractivity contribution in [1.29, 1.82) is 0 Å². The van der Waals surface area contributed by atoms with E-state index in [1.54, 1.807) is 6.07 Å². The van der Waals surface area contributed by atoms with Gasteiger partial charge in [-0.1, -0.05) is 11.6 Å². The fourth-order valence-electron chi connectivity index (χ4n) is 1.61. The molecule has 0 radical (unpaired) electrons. The SMILES string of the molecule is NC(Cc1cc(F)cc(F)c1)c1ccc(Cl)s1. The van der Waals surface area contributed by atoms with Crippen molar-refractivity contribution in [3.05, 3.63) is 56.7 Å². The van der Waals surface area contributed by atoms with E-state index in [0.29, 0.717) is 16.3 Å². The summed E-state index contributed by atoms with van der Waals surface area (Å²) in [5.41, 5.74) is 6.49. The van der Waals surface area contributed by atoms with Crippen LogP contribution < -0.4 is 5.73 Å². The molecule has 2 N–H and O–H groups in total. The molecule has 0 saturated heterocycles. The first-order valence-electron chi connectivity index (χ1n) is 5.00. The van der Waals surface area contributed by atoms with Crippen molar-refractivity contribution >= 4 is 22.9 Å². The topological polar surface area (TPSA) is 26.0 Å². The standard InChI is InChI=1S/C12H10ClF2NS/c13-12-2-1-11(17-12)10(16)5-7-3-8(14)6-9(15)4-7/h1-4,6,10H,5,16H2. The number of nitrogens with two attached hydrogens (primary N) is 1. The maximum atomic E-state index is 13.0. The first-order valence-corrected chi connectivity index (χ1v) is 6.20. The second-order valence-corrected chi connectivity index (χ2v) is 5.48. The molecule has 17 heavy (non-hydrogen) atoms. The van der Waals surface area contributed by atoms with E-state index in [-0.39, 0.29) is 6.04 Å². The summed E-state index contributed by atoms with van der Waals surface area (Å²) in [5.74, 6) is -1.17. The Morgan fingerprint density at radius 2 is 1.82 bits per heavy atom. The molecule has 0 saturated carbocycles. The number of hydrogen-bond acceptors (Lipinski definition) is 2. The highest BCUT2D eigenvalue weighted by Gasteiger charge is 2.11. The Bertz CT molecular complexity index is 507. The zero-order valence-electron chi connectivity index (χ0n) is 8.79. The lowest BCUT2D eigenvalue weighted by Crippen LogP contribution is -2.12. The number of rotatable bonds is 3. The Kier molecular flexibility index (Phi) is 3.76. The molecule has 2 aromatic rings. The van der Waals surface area contributed by atoms with Crippen LogP contribution in [0.4, 0.5) is 8.78 Å². The zero-order valence-corrected chi connectivity index (χ0v) is 10.4. The summed E-state index contributed by atoms with van der Waals surface area (Å²) in [4.78, 5) is 0.902. The van der Waals surface area contributed by atoms with E-state index in [4.69, 9.17) is 17.3 Å². The second-order valence-electron chi connectivity index (χ2n) is 3.73. The lowest BCUT2D eigenvalue weighted by Gasteiger charge is -2.09. The quantitative estimate of drug-likeness (QED) is 0.901. The summed E-state index contributed by atoms with van der Waals surface area (Å²) >= 11 is 7.18. The van der Waals surface area contributed by atoms with Gasteiger partial charge in [0.15, 0.2) is 0 Å². The van der Waals surface area contributed by atoms with E-state index in [1.807, 2.05) is 6.07 Å². The van der Waals surface area contributed by atoms with Crippen molar-refractivity contribution < 1.29 is 8.78 Å². The molecule has 1 aromatic heterocycles. The smallest absolute Gasteiger partial charge is 0.126 e. The van der Waals surface area contributed by atoms with E-state index in [0.717, 1.165) is 10.9 Å². The van der Waals surface area contributed by atoms with Gasteiger partial charge >= 0.3 is 0 Å². The molecule has 0 aliphatic carbocycles. The van der Waals surface area contributed by atoms with E-state index in [9.17, 15) is 8.78 Å². The van der Waals surface area contributed by atoms with Crippen LogP contribution in [0.2, 0.25) is 4.34 Å². The third-order valence-electron chi connectivity index (χ3n) is 2.34. The van der Waals surface area contributed by atoms with Gasteiger partial charge in [0.05, 0.1) is 4.34 Å². The molecule has 0 spiro atoms. The molecule has 5 heteroatoms. The minimum Gasteiger partial charge on any atom is -0.323 e. The molecule has 0 bridgehead atoms. The molecule has 1 heterocycles. The summed E-state index contributed by atoms with van der Waals surface area (Å²) < 4.78 is 26.6. The third kappa shape index (κ3) is 3.25. The van der Waals surface area contributed by atoms with Gasteiger partial charge in [-0.25, -0.2) is 8.78 Å². The highest BCUT2D eigenvalue weighted by Crippen LogP contribution is 2.27. The van der Waals surface area contributed by atoms with Crippen LogP contribution in [0.5, 0.6) is 0 Å². The lowest BCUT2D eigenvalue weighted by molar-refractivity contribution is 0.577. The van der Waals surface area contributed by atoms with Crippen LogP contribution in [0.1, 0.15) is 16.5 Å². The molecule has 1 atom stereocenters. The van der Waals surface area contributed by atoms with E-state index in [1.165, 1.54) is 23.5 Å². The van der Waals surface area contributed by atoms with Crippen LogP contribution in [0.25, 0.3) is 0 Å². The minimum atomic E-state index is -0.587. The zero-order chi connectivity index (χ0) is 12.4. The lowest BCUT2D eigenvalue weighted by atomic mass is 10.1. The molecule has 0 aliphatic heterocycles. The van der Waals surface area contributed by atoms with Crippen molar-refractivity contribution in [2.75, 3.05) is 0 Å².